The molecular weight excluding hydrogens is 609 g/mol. The van der Waals surface area contributed by atoms with Crippen LogP contribution in [-0.4, -0.2) is 19.1 Å². The van der Waals surface area contributed by atoms with E-state index >= 15 is 0 Å². The average molecular weight is 639 g/mol. The van der Waals surface area contributed by atoms with Crippen LogP contribution in [0.3, 0.4) is 0 Å². The van der Waals surface area contributed by atoms with Gasteiger partial charge in [-0.3, -0.25) is 9.13 Å². The van der Waals surface area contributed by atoms with Crippen LogP contribution in [0.5, 0.6) is 0 Å². The second-order valence-corrected chi connectivity index (χ2v) is 12.7. The molecule has 0 spiro atoms. The Morgan fingerprint density at radius 1 is 0.300 bits per heavy atom. The van der Waals surface area contributed by atoms with E-state index in [-0.39, 0.29) is 0 Å². The third-order valence-corrected chi connectivity index (χ3v) is 9.68. The molecule has 0 aliphatic heterocycles. The van der Waals surface area contributed by atoms with Gasteiger partial charge in [-0.2, -0.15) is 0 Å². The van der Waals surface area contributed by atoms with Gasteiger partial charge in [-0.1, -0.05) is 109 Å². The molecule has 4 heteroatoms. The second kappa shape index (κ2) is 11.4. The van der Waals surface area contributed by atoms with Crippen LogP contribution < -0.4 is 0 Å². The first-order valence-electron chi connectivity index (χ1n) is 16.9. The minimum Gasteiger partial charge on any atom is -0.292 e. The molecule has 4 nitrogen and oxygen atoms in total. The molecule has 10 rings (SSSR count). The maximum atomic E-state index is 5.07. The molecule has 0 fully saturated rings. The zero-order chi connectivity index (χ0) is 33.0. The van der Waals surface area contributed by atoms with Crippen molar-refractivity contribution in [2.45, 2.75) is 0 Å². The summed E-state index contributed by atoms with van der Waals surface area (Å²) in [5.41, 5.74) is 10.9. The predicted octanol–water partition coefficient (Wildman–Crippen LogP) is 11.7. The van der Waals surface area contributed by atoms with Crippen molar-refractivity contribution < 1.29 is 0 Å². The molecule has 2 heterocycles. The summed E-state index contributed by atoms with van der Waals surface area (Å²) in [6.45, 7) is 0. The lowest BCUT2D eigenvalue weighted by atomic mass is 9.97. The topological polar surface area (TPSA) is 35.6 Å². The molecule has 0 saturated carbocycles. The van der Waals surface area contributed by atoms with E-state index in [0.29, 0.717) is 0 Å². The Morgan fingerprint density at radius 3 is 1.06 bits per heavy atom. The normalized spacial score (nSPS) is 11.6. The van der Waals surface area contributed by atoms with E-state index in [4.69, 9.17) is 9.97 Å². The predicted molar refractivity (Wildman–Crippen MR) is 207 cm³/mol. The van der Waals surface area contributed by atoms with E-state index in [1.165, 1.54) is 32.7 Å². The Morgan fingerprint density at radius 2 is 0.640 bits per heavy atom. The third kappa shape index (κ3) is 4.69. The number of rotatable bonds is 5. The van der Waals surface area contributed by atoms with Crippen LogP contribution in [0.1, 0.15) is 0 Å². The molecule has 8 aromatic carbocycles. The number of aromatic nitrogens is 4. The fourth-order valence-corrected chi connectivity index (χ4v) is 7.24. The molecular formula is C46H30N4. The molecule has 10 aromatic rings. The van der Waals surface area contributed by atoms with Gasteiger partial charge in [-0.05, 0) is 105 Å². The SMILES string of the molecule is c1ccc(-n2c(-c3ccc4cc(-c5ccc6cc(-c7nc8ccccc8n7-c7ccccc7)ccc6c5)ccc4c3)nc3ccccc32)cc1. The van der Waals surface area contributed by atoms with E-state index in [1.807, 2.05) is 24.3 Å². The van der Waals surface area contributed by atoms with Gasteiger partial charge >= 0.3 is 0 Å². The van der Waals surface area contributed by atoms with Crippen molar-refractivity contribution in [1.82, 2.24) is 19.1 Å². The fraction of sp³-hybridized carbons (Fsp3) is 0. The summed E-state index contributed by atoms with van der Waals surface area (Å²) in [6, 6.07) is 64.4. The highest BCUT2D eigenvalue weighted by atomic mass is 15.1. The van der Waals surface area contributed by atoms with Gasteiger partial charge in [0, 0.05) is 22.5 Å². The minimum atomic E-state index is 0.941. The van der Waals surface area contributed by atoms with Gasteiger partial charge < -0.3 is 0 Å². The van der Waals surface area contributed by atoms with Crippen molar-refractivity contribution in [3.05, 3.63) is 182 Å². The van der Waals surface area contributed by atoms with Gasteiger partial charge in [0.15, 0.2) is 0 Å². The van der Waals surface area contributed by atoms with Crippen molar-refractivity contribution in [3.8, 4) is 45.3 Å². The summed E-state index contributed by atoms with van der Waals surface area (Å²) in [4.78, 5) is 10.1. The van der Waals surface area contributed by atoms with Gasteiger partial charge in [0.05, 0.1) is 22.1 Å². The molecule has 0 unspecified atom stereocenters. The molecule has 0 radical (unpaired) electrons. The number of imidazole rings is 2. The first-order chi connectivity index (χ1) is 24.8. The van der Waals surface area contributed by atoms with Crippen LogP contribution in [0.25, 0.3) is 88.9 Å². The van der Waals surface area contributed by atoms with Crippen LogP contribution in [0.2, 0.25) is 0 Å². The largest absolute Gasteiger partial charge is 0.292 e. The van der Waals surface area contributed by atoms with Crippen LogP contribution >= 0.6 is 0 Å². The number of benzene rings is 8. The highest BCUT2D eigenvalue weighted by molar-refractivity contribution is 5.95. The van der Waals surface area contributed by atoms with Crippen molar-refractivity contribution in [1.29, 1.82) is 0 Å². The van der Waals surface area contributed by atoms with Gasteiger partial charge in [-0.25, -0.2) is 9.97 Å². The van der Waals surface area contributed by atoms with E-state index in [1.54, 1.807) is 0 Å². The van der Waals surface area contributed by atoms with Gasteiger partial charge in [0.2, 0.25) is 0 Å². The molecule has 0 saturated heterocycles. The summed E-state index contributed by atoms with van der Waals surface area (Å²) in [5.74, 6) is 1.88. The molecule has 234 valence electrons. The fourth-order valence-electron chi connectivity index (χ4n) is 7.24. The number of fused-ring (bicyclic) bond motifs is 4. The van der Waals surface area contributed by atoms with Crippen molar-refractivity contribution in [2.24, 2.45) is 0 Å². The first kappa shape index (κ1) is 28.3. The lowest BCUT2D eigenvalue weighted by Gasteiger charge is -2.12. The molecule has 50 heavy (non-hydrogen) atoms. The number of hydrogen-bond donors (Lipinski definition) is 0. The maximum Gasteiger partial charge on any atom is 0.145 e. The van der Waals surface area contributed by atoms with E-state index in [2.05, 4.69) is 167 Å². The van der Waals surface area contributed by atoms with Crippen LogP contribution in [-0.2, 0) is 0 Å². The average Bonchev–Trinajstić information content (AvgIpc) is 3.77. The van der Waals surface area contributed by atoms with Gasteiger partial charge in [-0.15, -0.1) is 0 Å². The lowest BCUT2D eigenvalue weighted by Crippen LogP contribution is -1.97. The maximum absolute atomic E-state index is 5.07. The van der Waals surface area contributed by atoms with Crippen LogP contribution in [0.15, 0.2) is 182 Å². The zero-order valence-electron chi connectivity index (χ0n) is 27.1. The third-order valence-electron chi connectivity index (χ3n) is 9.68. The van der Waals surface area contributed by atoms with E-state index < -0.39 is 0 Å². The minimum absolute atomic E-state index is 0.941. The lowest BCUT2D eigenvalue weighted by molar-refractivity contribution is 1.10. The molecule has 0 aliphatic carbocycles. The van der Waals surface area contributed by atoms with Gasteiger partial charge in [0.1, 0.15) is 11.6 Å². The number of para-hydroxylation sites is 6. The molecule has 2 aromatic heterocycles. The quantitative estimate of drug-likeness (QED) is 0.188. The summed E-state index contributed by atoms with van der Waals surface area (Å²) in [7, 11) is 0. The van der Waals surface area contributed by atoms with Crippen molar-refractivity contribution >= 4 is 43.6 Å². The van der Waals surface area contributed by atoms with Crippen LogP contribution in [0, 0.1) is 0 Å². The van der Waals surface area contributed by atoms with Gasteiger partial charge in [0.25, 0.3) is 0 Å². The Hall–Kier alpha value is -6.78. The summed E-state index contributed by atoms with van der Waals surface area (Å²) >= 11 is 0. The molecule has 0 atom stereocenters. The summed E-state index contributed by atoms with van der Waals surface area (Å²) < 4.78 is 4.51. The number of nitrogens with zero attached hydrogens (tertiary/aromatic N) is 4. The Labute approximate surface area is 289 Å². The Balaban J connectivity index is 1.01. The Bertz CT molecular complexity index is 2670. The zero-order valence-corrected chi connectivity index (χ0v) is 27.1. The monoisotopic (exact) mass is 638 g/mol. The highest BCUT2D eigenvalue weighted by Crippen LogP contribution is 2.35. The molecule has 0 aliphatic rings. The first-order valence-corrected chi connectivity index (χ1v) is 16.9. The molecule has 0 bridgehead atoms. The van der Waals surface area contributed by atoms with Crippen molar-refractivity contribution in [3.63, 3.8) is 0 Å². The standard InChI is InChI=1S/C46H30N4/c1-3-11-39(12-4-1)49-43-17-9-7-15-41(43)47-45(49)37-25-23-33-27-31(19-21-35(33)29-37)32-20-22-36-30-38(26-24-34(36)28-32)46-48-42-16-8-10-18-44(42)50(46)40-13-5-2-6-14-40/h1-30H. The number of hydrogen-bond acceptors (Lipinski definition) is 2. The highest BCUT2D eigenvalue weighted by Gasteiger charge is 2.16. The summed E-state index contributed by atoms with van der Waals surface area (Å²) in [5, 5.41) is 4.77. The summed E-state index contributed by atoms with van der Waals surface area (Å²) in [6.07, 6.45) is 0. The van der Waals surface area contributed by atoms with Crippen molar-refractivity contribution in [2.75, 3.05) is 0 Å². The Kier molecular flexibility index (Phi) is 6.46. The smallest absolute Gasteiger partial charge is 0.145 e. The second-order valence-electron chi connectivity index (χ2n) is 12.7. The molecule has 0 amide bonds. The van der Waals surface area contributed by atoms with Crippen LogP contribution in [0.4, 0.5) is 0 Å². The molecule has 0 N–H and O–H groups in total. The van der Waals surface area contributed by atoms with E-state index in [0.717, 1.165) is 56.2 Å². The van der Waals surface area contributed by atoms with E-state index in [9.17, 15) is 0 Å².